The van der Waals surface area contributed by atoms with Crippen LogP contribution in [0.15, 0.2) is 35.8 Å². The van der Waals surface area contributed by atoms with E-state index in [9.17, 15) is 9.18 Å². The van der Waals surface area contributed by atoms with Gasteiger partial charge in [-0.3, -0.25) is 4.79 Å². The first kappa shape index (κ1) is 12.7. The maximum atomic E-state index is 13.0. The largest absolute Gasteiger partial charge is 0.339 e. The molecular formula is C13H13FN2OS. The molecule has 5 heteroatoms. The Morgan fingerprint density at radius 3 is 3.00 bits per heavy atom. The van der Waals surface area contributed by atoms with Gasteiger partial charge < -0.3 is 4.90 Å². The minimum absolute atomic E-state index is 0.0456. The lowest BCUT2D eigenvalue weighted by molar-refractivity contribution is -0.129. The van der Waals surface area contributed by atoms with E-state index < -0.39 is 0 Å². The van der Waals surface area contributed by atoms with Crippen molar-refractivity contribution < 1.29 is 9.18 Å². The Bertz CT molecular complexity index is 528. The van der Waals surface area contributed by atoms with Gasteiger partial charge in [-0.2, -0.15) is 0 Å². The van der Waals surface area contributed by atoms with Gasteiger partial charge >= 0.3 is 0 Å². The predicted molar refractivity (Wildman–Crippen MR) is 68.7 cm³/mol. The van der Waals surface area contributed by atoms with Gasteiger partial charge in [-0.25, -0.2) is 9.37 Å². The van der Waals surface area contributed by atoms with Gasteiger partial charge in [-0.1, -0.05) is 12.1 Å². The third-order valence-corrected chi connectivity index (χ3v) is 3.29. The number of aromatic nitrogens is 1. The molecule has 1 aromatic carbocycles. The molecule has 1 heterocycles. The Kier molecular flexibility index (Phi) is 4.04. The van der Waals surface area contributed by atoms with E-state index in [2.05, 4.69) is 4.98 Å². The van der Waals surface area contributed by atoms with Crippen LogP contribution in [0.2, 0.25) is 0 Å². The molecule has 1 aromatic heterocycles. The highest BCUT2D eigenvalue weighted by Crippen LogP contribution is 2.09. The van der Waals surface area contributed by atoms with Gasteiger partial charge in [0.15, 0.2) is 0 Å². The molecular weight excluding hydrogens is 251 g/mol. The Hall–Kier alpha value is -1.75. The highest BCUT2D eigenvalue weighted by atomic mass is 32.1. The van der Waals surface area contributed by atoms with Gasteiger partial charge in [0.05, 0.1) is 13.0 Å². The standard InChI is InChI=1S/C13H13FN2OS/c1-16(9-12-15-5-6-18-12)13(17)8-10-3-2-4-11(14)7-10/h2-7H,8-9H2,1H3. The molecule has 0 spiro atoms. The lowest BCUT2D eigenvalue weighted by Gasteiger charge is -2.15. The third kappa shape index (κ3) is 3.37. The summed E-state index contributed by atoms with van der Waals surface area (Å²) < 4.78 is 13.0. The fourth-order valence-corrected chi connectivity index (χ4v) is 2.25. The fraction of sp³-hybridized carbons (Fsp3) is 0.231. The van der Waals surface area contributed by atoms with Crippen molar-refractivity contribution in [2.45, 2.75) is 13.0 Å². The van der Waals surface area contributed by atoms with E-state index in [0.29, 0.717) is 12.1 Å². The van der Waals surface area contributed by atoms with Gasteiger partial charge in [0.25, 0.3) is 0 Å². The third-order valence-electron chi connectivity index (χ3n) is 2.53. The average Bonchev–Trinajstić information content (AvgIpc) is 2.81. The van der Waals surface area contributed by atoms with Gasteiger partial charge in [0.1, 0.15) is 10.8 Å². The molecule has 0 bridgehead atoms. The van der Waals surface area contributed by atoms with E-state index in [-0.39, 0.29) is 18.1 Å². The van der Waals surface area contributed by atoms with E-state index in [0.717, 1.165) is 5.01 Å². The minimum Gasteiger partial charge on any atom is -0.339 e. The first-order valence-corrected chi connectivity index (χ1v) is 6.40. The monoisotopic (exact) mass is 264 g/mol. The topological polar surface area (TPSA) is 33.2 Å². The second-order valence-electron chi connectivity index (χ2n) is 3.98. The van der Waals surface area contributed by atoms with Crippen molar-refractivity contribution in [2.75, 3.05) is 7.05 Å². The van der Waals surface area contributed by atoms with Gasteiger partial charge in [-0.15, -0.1) is 11.3 Å². The zero-order valence-electron chi connectivity index (χ0n) is 9.97. The summed E-state index contributed by atoms with van der Waals surface area (Å²) >= 11 is 1.51. The summed E-state index contributed by atoms with van der Waals surface area (Å²) in [4.78, 5) is 17.7. The van der Waals surface area contributed by atoms with E-state index in [4.69, 9.17) is 0 Å². The molecule has 0 unspecified atom stereocenters. The first-order valence-electron chi connectivity index (χ1n) is 5.52. The predicted octanol–water partition coefficient (Wildman–Crippen LogP) is 2.48. The number of likely N-dealkylation sites (N-methyl/N-ethyl adjacent to an activating group) is 1. The Morgan fingerprint density at radius 2 is 2.33 bits per heavy atom. The van der Waals surface area contributed by atoms with Crippen LogP contribution in [0.4, 0.5) is 4.39 Å². The summed E-state index contributed by atoms with van der Waals surface area (Å²) in [5.74, 6) is -0.362. The van der Waals surface area contributed by atoms with Crippen molar-refractivity contribution in [1.82, 2.24) is 9.88 Å². The van der Waals surface area contributed by atoms with E-state index in [1.165, 1.54) is 23.5 Å². The molecule has 0 fully saturated rings. The van der Waals surface area contributed by atoms with Crippen LogP contribution in [-0.2, 0) is 17.8 Å². The van der Waals surface area contributed by atoms with E-state index >= 15 is 0 Å². The molecule has 0 aliphatic heterocycles. The molecule has 0 aliphatic carbocycles. The molecule has 1 amide bonds. The van der Waals surface area contributed by atoms with Crippen LogP contribution < -0.4 is 0 Å². The number of nitrogens with zero attached hydrogens (tertiary/aromatic N) is 2. The van der Waals surface area contributed by atoms with Crippen LogP contribution in [0.25, 0.3) is 0 Å². The highest BCUT2D eigenvalue weighted by Gasteiger charge is 2.11. The lowest BCUT2D eigenvalue weighted by atomic mass is 10.1. The molecule has 3 nitrogen and oxygen atoms in total. The van der Waals surface area contributed by atoms with Crippen molar-refractivity contribution >= 4 is 17.2 Å². The summed E-state index contributed by atoms with van der Waals surface area (Å²) in [5.41, 5.74) is 0.686. The van der Waals surface area contributed by atoms with Crippen LogP contribution in [0.1, 0.15) is 10.6 Å². The lowest BCUT2D eigenvalue weighted by Crippen LogP contribution is -2.27. The second-order valence-corrected chi connectivity index (χ2v) is 4.96. The van der Waals surface area contributed by atoms with Crippen LogP contribution >= 0.6 is 11.3 Å². The second kappa shape index (κ2) is 5.73. The molecule has 0 atom stereocenters. The van der Waals surface area contributed by atoms with Gasteiger partial charge in [0, 0.05) is 18.6 Å². The SMILES string of the molecule is CN(Cc1nccs1)C(=O)Cc1cccc(F)c1. The molecule has 18 heavy (non-hydrogen) atoms. The number of hydrogen-bond donors (Lipinski definition) is 0. The van der Waals surface area contributed by atoms with Crippen LogP contribution in [0, 0.1) is 5.82 Å². The first-order chi connectivity index (χ1) is 8.65. The summed E-state index contributed by atoms with van der Waals surface area (Å²) in [6.07, 6.45) is 1.92. The number of hydrogen-bond acceptors (Lipinski definition) is 3. The van der Waals surface area contributed by atoms with E-state index in [1.807, 2.05) is 5.38 Å². The van der Waals surface area contributed by atoms with Crippen LogP contribution in [0.3, 0.4) is 0 Å². The summed E-state index contributed by atoms with van der Waals surface area (Å²) in [6, 6.07) is 6.11. The summed E-state index contributed by atoms with van der Waals surface area (Å²) in [6.45, 7) is 0.492. The molecule has 0 N–H and O–H groups in total. The number of carbonyl (C=O) groups is 1. The van der Waals surface area contributed by atoms with Gasteiger partial charge in [-0.05, 0) is 17.7 Å². The molecule has 94 valence electrons. The molecule has 0 aliphatic rings. The maximum absolute atomic E-state index is 13.0. The Morgan fingerprint density at radius 1 is 1.50 bits per heavy atom. The van der Waals surface area contributed by atoms with Crippen molar-refractivity contribution in [3.8, 4) is 0 Å². The molecule has 0 saturated carbocycles. The smallest absolute Gasteiger partial charge is 0.227 e. The van der Waals surface area contributed by atoms with Crippen LogP contribution in [0.5, 0.6) is 0 Å². The van der Waals surface area contributed by atoms with Crippen molar-refractivity contribution in [2.24, 2.45) is 0 Å². The van der Waals surface area contributed by atoms with Crippen molar-refractivity contribution in [3.05, 3.63) is 52.2 Å². The van der Waals surface area contributed by atoms with Crippen molar-refractivity contribution in [1.29, 1.82) is 0 Å². The number of rotatable bonds is 4. The molecule has 0 radical (unpaired) electrons. The van der Waals surface area contributed by atoms with Crippen LogP contribution in [-0.4, -0.2) is 22.8 Å². The number of thiazole rings is 1. The highest BCUT2D eigenvalue weighted by molar-refractivity contribution is 7.09. The fourth-order valence-electron chi connectivity index (χ4n) is 1.58. The Balaban J connectivity index is 1.95. The number of amides is 1. The number of benzene rings is 1. The molecule has 0 saturated heterocycles. The Labute approximate surface area is 109 Å². The minimum atomic E-state index is -0.317. The number of carbonyl (C=O) groups excluding carboxylic acids is 1. The zero-order chi connectivity index (χ0) is 13.0. The molecule has 2 aromatic rings. The summed E-state index contributed by atoms with van der Waals surface area (Å²) in [7, 11) is 1.73. The zero-order valence-corrected chi connectivity index (χ0v) is 10.8. The van der Waals surface area contributed by atoms with Crippen molar-refractivity contribution in [3.63, 3.8) is 0 Å². The average molecular weight is 264 g/mol. The maximum Gasteiger partial charge on any atom is 0.227 e. The quantitative estimate of drug-likeness (QED) is 0.850. The van der Waals surface area contributed by atoms with Gasteiger partial charge in [0.2, 0.25) is 5.91 Å². The number of halogens is 1. The molecule has 2 rings (SSSR count). The van der Waals surface area contributed by atoms with E-state index in [1.54, 1.807) is 30.3 Å². The summed E-state index contributed by atoms with van der Waals surface area (Å²) in [5, 5.41) is 2.77. The normalized spacial score (nSPS) is 10.3.